The van der Waals surface area contributed by atoms with Crippen molar-refractivity contribution in [3.05, 3.63) is 35.4 Å². The summed E-state index contributed by atoms with van der Waals surface area (Å²) in [5.74, 6) is 0.839. The van der Waals surface area contributed by atoms with Crippen molar-refractivity contribution in [3.8, 4) is 0 Å². The number of benzene rings is 1. The summed E-state index contributed by atoms with van der Waals surface area (Å²) < 4.78 is 0. The van der Waals surface area contributed by atoms with E-state index >= 15 is 0 Å². The Hall–Kier alpha value is -0.860. The van der Waals surface area contributed by atoms with Crippen LogP contribution in [-0.4, -0.2) is 24.0 Å². The molecule has 0 radical (unpaired) electrons. The third-order valence-electron chi connectivity index (χ3n) is 4.80. The second-order valence-corrected chi connectivity index (χ2v) is 6.01. The highest BCUT2D eigenvalue weighted by Crippen LogP contribution is 2.39. The average Bonchev–Trinajstić information content (AvgIpc) is 2.82. The predicted molar refractivity (Wildman–Crippen MR) is 75.5 cm³/mol. The van der Waals surface area contributed by atoms with Gasteiger partial charge in [0, 0.05) is 18.6 Å². The Balaban J connectivity index is 1.83. The van der Waals surface area contributed by atoms with Crippen molar-refractivity contribution in [2.45, 2.75) is 44.7 Å². The first-order chi connectivity index (χ1) is 8.79. The quantitative estimate of drug-likeness (QED) is 0.866. The summed E-state index contributed by atoms with van der Waals surface area (Å²) in [6.45, 7) is 4.40. The summed E-state index contributed by atoms with van der Waals surface area (Å²) in [7, 11) is 0. The van der Waals surface area contributed by atoms with Gasteiger partial charge in [0.1, 0.15) is 0 Å². The highest BCUT2D eigenvalue weighted by molar-refractivity contribution is 5.34. The Morgan fingerprint density at radius 3 is 2.94 bits per heavy atom. The third kappa shape index (κ3) is 2.08. The van der Waals surface area contributed by atoms with Crippen molar-refractivity contribution in [2.24, 2.45) is 11.7 Å². The van der Waals surface area contributed by atoms with Crippen LogP contribution in [0.4, 0.5) is 0 Å². The van der Waals surface area contributed by atoms with Gasteiger partial charge in [0.15, 0.2) is 0 Å². The third-order valence-corrected chi connectivity index (χ3v) is 4.80. The molecule has 2 nitrogen and oxygen atoms in total. The van der Waals surface area contributed by atoms with Gasteiger partial charge in [-0.05, 0) is 49.3 Å². The maximum absolute atomic E-state index is 6.00. The second-order valence-electron chi connectivity index (χ2n) is 6.01. The van der Waals surface area contributed by atoms with E-state index in [-0.39, 0.29) is 0 Å². The van der Waals surface area contributed by atoms with Crippen LogP contribution in [0.3, 0.4) is 0 Å². The summed E-state index contributed by atoms with van der Waals surface area (Å²) in [6, 6.07) is 10.2. The minimum atomic E-state index is 0.588. The van der Waals surface area contributed by atoms with Crippen molar-refractivity contribution in [1.29, 1.82) is 0 Å². The maximum atomic E-state index is 6.00. The smallest absolute Gasteiger partial charge is 0.0357 e. The first kappa shape index (κ1) is 12.2. The largest absolute Gasteiger partial charge is 0.329 e. The first-order valence-corrected chi connectivity index (χ1v) is 7.33. The van der Waals surface area contributed by atoms with E-state index in [1.165, 1.54) is 32.2 Å². The molecule has 0 saturated carbocycles. The number of hydrogen-bond acceptors (Lipinski definition) is 2. The molecule has 1 fully saturated rings. The fraction of sp³-hybridized carbons (Fsp3) is 0.625. The van der Waals surface area contributed by atoms with Gasteiger partial charge in [0.05, 0.1) is 0 Å². The number of aryl methyl sites for hydroxylation is 1. The van der Waals surface area contributed by atoms with Crippen LogP contribution in [0.15, 0.2) is 24.3 Å². The molecule has 3 rings (SSSR count). The van der Waals surface area contributed by atoms with Crippen molar-refractivity contribution >= 4 is 0 Å². The maximum Gasteiger partial charge on any atom is 0.0357 e. The highest BCUT2D eigenvalue weighted by Gasteiger charge is 2.34. The number of fused-ring (bicyclic) bond motifs is 1. The molecule has 0 aromatic heterocycles. The zero-order valence-electron chi connectivity index (χ0n) is 11.3. The van der Waals surface area contributed by atoms with E-state index < -0.39 is 0 Å². The molecule has 3 atom stereocenters. The second kappa shape index (κ2) is 5.02. The van der Waals surface area contributed by atoms with Crippen LogP contribution in [0.1, 0.15) is 43.4 Å². The van der Waals surface area contributed by atoms with Crippen LogP contribution in [0, 0.1) is 5.92 Å². The molecule has 0 spiro atoms. The zero-order valence-corrected chi connectivity index (χ0v) is 11.3. The van der Waals surface area contributed by atoms with E-state index in [2.05, 4.69) is 36.1 Å². The summed E-state index contributed by atoms with van der Waals surface area (Å²) in [4.78, 5) is 2.69. The Morgan fingerprint density at radius 1 is 1.28 bits per heavy atom. The molecule has 1 aliphatic carbocycles. The highest BCUT2D eigenvalue weighted by atomic mass is 15.2. The molecule has 1 heterocycles. The molecule has 2 heteroatoms. The molecule has 1 aromatic carbocycles. The Labute approximate surface area is 110 Å². The lowest BCUT2D eigenvalue weighted by Crippen LogP contribution is -2.47. The SMILES string of the molecule is CC1CCN(C2CCc3ccccc32)C(CN)C1. The lowest BCUT2D eigenvalue weighted by Gasteiger charge is -2.42. The Bertz CT molecular complexity index is 415. The fourth-order valence-corrected chi connectivity index (χ4v) is 3.79. The van der Waals surface area contributed by atoms with E-state index in [1.54, 1.807) is 11.1 Å². The zero-order chi connectivity index (χ0) is 12.5. The molecule has 18 heavy (non-hydrogen) atoms. The van der Waals surface area contributed by atoms with E-state index in [0.717, 1.165) is 12.5 Å². The lowest BCUT2D eigenvalue weighted by molar-refractivity contribution is 0.0759. The first-order valence-electron chi connectivity index (χ1n) is 7.33. The monoisotopic (exact) mass is 244 g/mol. The van der Waals surface area contributed by atoms with Crippen LogP contribution in [0.25, 0.3) is 0 Å². The fourth-order valence-electron chi connectivity index (χ4n) is 3.79. The van der Waals surface area contributed by atoms with Crippen LogP contribution in [-0.2, 0) is 6.42 Å². The van der Waals surface area contributed by atoms with Gasteiger partial charge in [-0.3, -0.25) is 4.90 Å². The van der Waals surface area contributed by atoms with Crippen LogP contribution in [0.5, 0.6) is 0 Å². The average molecular weight is 244 g/mol. The molecular formula is C16H24N2. The summed E-state index contributed by atoms with van der Waals surface area (Å²) in [5.41, 5.74) is 9.12. The molecular weight excluding hydrogens is 220 g/mol. The van der Waals surface area contributed by atoms with Gasteiger partial charge in [0.25, 0.3) is 0 Å². The van der Waals surface area contributed by atoms with E-state index in [9.17, 15) is 0 Å². The number of hydrogen-bond donors (Lipinski definition) is 1. The van der Waals surface area contributed by atoms with Gasteiger partial charge in [0.2, 0.25) is 0 Å². The molecule has 98 valence electrons. The summed E-state index contributed by atoms with van der Waals surface area (Å²) in [6.07, 6.45) is 5.12. The molecule has 1 aromatic rings. The van der Waals surface area contributed by atoms with Gasteiger partial charge in [-0.15, -0.1) is 0 Å². The van der Waals surface area contributed by atoms with Crippen molar-refractivity contribution in [2.75, 3.05) is 13.1 Å². The summed E-state index contributed by atoms with van der Waals surface area (Å²) in [5, 5.41) is 0. The van der Waals surface area contributed by atoms with Gasteiger partial charge in [-0.1, -0.05) is 31.2 Å². The van der Waals surface area contributed by atoms with Crippen LogP contribution >= 0.6 is 0 Å². The molecule has 2 N–H and O–H groups in total. The molecule has 3 unspecified atom stereocenters. The molecule has 1 saturated heterocycles. The summed E-state index contributed by atoms with van der Waals surface area (Å²) >= 11 is 0. The standard InChI is InChI=1S/C16H24N2/c1-12-8-9-18(14(10-12)11-17)16-7-6-13-4-2-3-5-15(13)16/h2-5,12,14,16H,6-11,17H2,1H3. The van der Waals surface area contributed by atoms with E-state index in [0.29, 0.717) is 12.1 Å². The predicted octanol–water partition coefficient (Wildman–Crippen LogP) is 2.73. The van der Waals surface area contributed by atoms with Gasteiger partial charge in [-0.25, -0.2) is 0 Å². The molecule has 2 aliphatic rings. The normalized spacial score (nSPS) is 32.4. The van der Waals surface area contributed by atoms with Gasteiger partial charge >= 0.3 is 0 Å². The molecule has 0 amide bonds. The number of piperidine rings is 1. The lowest BCUT2D eigenvalue weighted by atomic mass is 9.90. The van der Waals surface area contributed by atoms with Gasteiger partial charge < -0.3 is 5.73 Å². The topological polar surface area (TPSA) is 29.3 Å². The minimum absolute atomic E-state index is 0.588. The van der Waals surface area contributed by atoms with Crippen LogP contribution < -0.4 is 5.73 Å². The van der Waals surface area contributed by atoms with Crippen molar-refractivity contribution in [3.63, 3.8) is 0 Å². The Morgan fingerprint density at radius 2 is 2.11 bits per heavy atom. The van der Waals surface area contributed by atoms with Crippen LogP contribution in [0.2, 0.25) is 0 Å². The minimum Gasteiger partial charge on any atom is -0.329 e. The molecule has 1 aliphatic heterocycles. The number of rotatable bonds is 2. The number of likely N-dealkylation sites (tertiary alicyclic amines) is 1. The Kier molecular flexibility index (Phi) is 3.40. The van der Waals surface area contributed by atoms with E-state index in [1.807, 2.05) is 0 Å². The molecule has 0 bridgehead atoms. The number of nitrogens with zero attached hydrogens (tertiary/aromatic N) is 1. The van der Waals surface area contributed by atoms with Gasteiger partial charge in [-0.2, -0.15) is 0 Å². The van der Waals surface area contributed by atoms with Crippen molar-refractivity contribution in [1.82, 2.24) is 4.90 Å². The van der Waals surface area contributed by atoms with E-state index in [4.69, 9.17) is 5.73 Å². The van der Waals surface area contributed by atoms with Crippen molar-refractivity contribution < 1.29 is 0 Å². The number of nitrogens with two attached hydrogens (primary N) is 1.